The highest BCUT2D eigenvalue weighted by molar-refractivity contribution is 5.37. The Morgan fingerprint density at radius 2 is 1.85 bits per heavy atom. The number of benzene rings is 1. The van der Waals surface area contributed by atoms with Crippen molar-refractivity contribution < 1.29 is 4.74 Å². The smallest absolute Gasteiger partial charge is 0.0991 e. The molecule has 3 aliphatic rings. The number of rotatable bonds is 0. The molecule has 0 aromatic heterocycles. The molecule has 2 nitrogen and oxygen atoms in total. The Hall–Kier alpha value is -0.860. The van der Waals surface area contributed by atoms with Gasteiger partial charge in [0.1, 0.15) is 0 Å². The largest absolute Gasteiger partial charge is 0.364 e. The van der Waals surface area contributed by atoms with Crippen LogP contribution in [-0.4, -0.2) is 18.2 Å². The molecule has 108 valence electrons. The predicted molar refractivity (Wildman–Crippen MR) is 80.7 cm³/mol. The lowest BCUT2D eigenvalue weighted by molar-refractivity contribution is -0.159. The molecule has 1 aromatic rings. The van der Waals surface area contributed by atoms with Crippen molar-refractivity contribution in [3.63, 3.8) is 0 Å². The molecule has 2 heteroatoms. The summed E-state index contributed by atoms with van der Waals surface area (Å²) in [5.41, 5.74) is 3.49. The van der Waals surface area contributed by atoms with Gasteiger partial charge < -0.3 is 10.1 Å². The summed E-state index contributed by atoms with van der Waals surface area (Å²) in [6.07, 6.45) is 6.39. The summed E-state index contributed by atoms with van der Waals surface area (Å²) in [5.74, 6) is 0. The highest BCUT2D eigenvalue weighted by atomic mass is 16.5. The van der Waals surface area contributed by atoms with Crippen LogP contribution in [0.15, 0.2) is 24.3 Å². The maximum Gasteiger partial charge on any atom is 0.0991 e. The third-order valence-corrected chi connectivity index (χ3v) is 5.75. The lowest BCUT2D eigenvalue weighted by atomic mass is 9.70. The first-order valence-electron chi connectivity index (χ1n) is 8.06. The van der Waals surface area contributed by atoms with Gasteiger partial charge in [0.2, 0.25) is 0 Å². The lowest BCUT2D eigenvalue weighted by Gasteiger charge is -2.49. The minimum atomic E-state index is 0.0914. The van der Waals surface area contributed by atoms with Gasteiger partial charge in [-0.3, -0.25) is 0 Å². The normalized spacial score (nSPS) is 33.7. The van der Waals surface area contributed by atoms with Crippen molar-refractivity contribution >= 4 is 0 Å². The second-order valence-corrected chi connectivity index (χ2v) is 7.78. The zero-order valence-electron chi connectivity index (χ0n) is 12.6. The molecule has 2 atom stereocenters. The Labute approximate surface area is 121 Å². The summed E-state index contributed by atoms with van der Waals surface area (Å²) in [5, 5.41) is 3.79. The van der Waals surface area contributed by atoms with Gasteiger partial charge in [-0.05, 0) is 48.6 Å². The van der Waals surface area contributed by atoms with Crippen molar-refractivity contribution in [2.75, 3.05) is 6.54 Å². The van der Waals surface area contributed by atoms with Crippen LogP contribution in [0.1, 0.15) is 56.8 Å². The van der Waals surface area contributed by atoms with Gasteiger partial charge in [-0.1, -0.05) is 38.1 Å². The Balaban J connectivity index is 1.57. The van der Waals surface area contributed by atoms with Crippen molar-refractivity contribution in [1.82, 2.24) is 5.32 Å². The highest BCUT2D eigenvalue weighted by Crippen LogP contribution is 2.48. The molecule has 1 spiro atoms. The van der Waals surface area contributed by atoms with E-state index in [1.54, 1.807) is 0 Å². The van der Waals surface area contributed by atoms with E-state index in [1.807, 2.05) is 0 Å². The summed E-state index contributed by atoms with van der Waals surface area (Å²) in [4.78, 5) is 0. The summed E-state index contributed by atoms with van der Waals surface area (Å²) in [6.45, 7) is 5.83. The van der Waals surface area contributed by atoms with E-state index in [0.29, 0.717) is 11.5 Å². The summed E-state index contributed by atoms with van der Waals surface area (Å²) < 4.78 is 6.70. The first kappa shape index (κ1) is 12.8. The van der Waals surface area contributed by atoms with Crippen LogP contribution in [-0.2, 0) is 11.2 Å². The molecular formula is C18H25NO. The van der Waals surface area contributed by atoms with E-state index >= 15 is 0 Å². The van der Waals surface area contributed by atoms with Crippen molar-refractivity contribution in [3.05, 3.63) is 35.4 Å². The zero-order valence-corrected chi connectivity index (χ0v) is 12.6. The van der Waals surface area contributed by atoms with Crippen LogP contribution in [0.3, 0.4) is 0 Å². The number of hydrogen-bond acceptors (Lipinski definition) is 2. The van der Waals surface area contributed by atoms with Crippen LogP contribution in [0.4, 0.5) is 0 Å². The van der Waals surface area contributed by atoms with Crippen LogP contribution in [0, 0.1) is 5.41 Å². The van der Waals surface area contributed by atoms with Gasteiger partial charge in [0.15, 0.2) is 0 Å². The van der Waals surface area contributed by atoms with E-state index in [1.165, 1.54) is 36.8 Å². The first-order chi connectivity index (χ1) is 9.57. The van der Waals surface area contributed by atoms with E-state index in [-0.39, 0.29) is 11.7 Å². The zero-order chi connectivity index (χ0) is 13.8. The number of ether oxygens (including phenoxy) is 1. The molecule has 0 amide bonds. The topological polar surface area (TPSA) is 21.3 Å². The molecule has 1 heterocycles. The number of nitrogens with one attached hydrogen (secondary N) is 1. The van der Waals surface area contributed by atoms with E-state index in [9.17, 15) is 0 Å². The van der Waals surface area contributed by atoms with Gasteiger partial charge in [-0.2, -0.15) is 0 Å². The van der Waals surface area contributed by atoms with Crippen molar-refractivity contribution in [2.45, 2.75) is 63.7 Å². The quantitative estimate of drug-likeness (QED) is 0.778. The molecule has 1 saturated heterocycles. The number of hydrogen-bond donors (Lipinski definition) is 1. The van der Waals surface area contributed by atoms with Crippen LogP contribution < -0.4 is 5.32 Å². The number of fused-ring (bicyclic) bond motifs is 3. The van der Waals surface area contributed by atoms with Crippen molar-refractivity contribution in [2.24, 2.45) is 5.41 Å². The lowest BCUT2D eigenvalue weighted by Crippen LogP contribution is -2.56. The molecule has 1 aromatic carbocycles. The highest BCUT2D eigenvalue weighted by Gasteiger charge is 2.47. The van der Waals surface area contributed by atoms with E-state index in [4.69, 9.17) is 4.74 Å². The van der Waals surface area contributed by atoms with Crippen molar-refractivity contribution in [1.29, 1.82) is 0 Å². The van der Waals surface area contributed by atoms with E-state index in [0.717, 1.165) is 13.0 Å². The van der Waals surface area contributed by atoms with Gasteiger partial charge in [0.05, 0.1) is 11.7 Å². The second kappa shape index (κ2) is 4.32. The summed E-state index contributed by atoms with van der Waals surface area (Å²) in [6, 6.07) is 9.31. The molecule has 2 aliphatic carbocycles. The van der Waals surface area contributed by atoms with Crippen molar-refractivity contribution in [3.8, 4) is 0 Å². The fourth-order valence-corrected chi connectivity index (χ4v) is 4.19. The molecule has 4 rings (SSSR count). The standard InChI is InChI=1S/C18H25NO/c1-17(2)7-9-18(10-8-17)12-19-15-11-13-5-3-4-6-14(13)16(15)20-18/h3-6,15-16,19H,7-12H2,1-2H3. The number of morpholine rings is 1. The SMILES string of the molecule is CC1(C)CCC2(CC1)CNC1Cc3ccccc3C1O2. The van der Waals surface area contributed by atoms with Gasteiger partial charge in [-0.15, -0.1) is 0 Å². The predicted octanol–water partition coefficient (Wildman–Crippen LogP) is 3.61. The molecule has 1 aliphatic heterocycles. The molecule has 2 fully saturated rings. The minimum absolute atomic E-state index is 0.0914. The Morgan fingerprint density at radius 1 is 1.10 bits per heavy atom. The molecule has 1 saturated carbocycles. The Bertz CT molecular complexity index is 512. The Kier molecular flexibility index (Phi) is 2.77. The maximum atomic E-state index is 6.70. The molecule has 2 unspecified atom stereocenters. The molecular weight excluding hydrogens is 246 g/mol. The fourth-order valence-electron chi connectivity index (χ4n) is 4.19. The molecule has 0 bridgehead atoms. The third-order valence-electron chi connectivity index (χ3n) is 5.75. The average molecular weight is 271 g/mol. The van der Waals surface area contributed by atoms with Crippen LogP contribution in [0.25, 0.3) is 0 Å². The molecule has 1 N–H and O–H groups in total. The summed E-state index contributed by atoms with van der Waals surface area (Å²) in [7, 11) is 0. The maximum absolute atomic E-state index is 6.70. The van der Waals surface area contributed by atoms with Gasteiger partial charge in [0.25, 0.3) is 0 Å². The minimum Gasteiger partial charge on any atom is -0.364 e. The van der Waals surface area contributed by atoms with Gasteiger partial charge in [-0.25, -0.2) is 0 Å². The molecule has 0 radical (unpaired) electrons. The van der Waals surface area contributed by atoms with E-state index < -0.39 is 0 Å². The summed E-state index contributed by atoms with van der Waals surface area (Å²) >= 11 is 0. The monoisotopic (exact) mass is 271 g/mol. The Morgan fingerprint density at radius 3 is 2.65 bits per heavy atom. The van der Waals surface area contributed by atoms with Crippen LogP contribution >= 0.6 is 0 Å². The van der Waals surface area contributed by atoms with E-state index in [2.05, 4.69) is 43.4 Å². The van der Waals surface area contributed by atoms with Gasteiger partial charge >= 0.3 is 0 Å². The first-order valence-corrected chi connectivity index (χ1v) is 8.06. The fraction of sp³-hybridized carbons (Fsp3) is 0.667. The third kappa shape index (κ3) is 2.01. The van der Waals surface area contributed by atoms with Gasteiger partial charge in [0, 0.05) is 12.6 Å². The second-order valence-electron chi connectivity index (χ2n) is 7.78. The average Bonchev–Trinajstić information content (AvgIpc) is 2.81. The van der Waals surface area contributed by atoms with Crippen LogP contribution in [0.5, 0.6) is 0 Å². The molecule has 20 heavy (non-hydrogen) atoms. The van der Waals surface area contributed by atoms with Crippen LogP contribution in [0.2, 0.25) is 0 Å².